The SMILES string of the molecule is CC1=C(c2ccc(C(C)(C)C)cc2)C2CC(C)C([Si](C)(C)C3C(C(C)C)CC4C(c5ccc(C(C)(C)C)cc5)=C(C)SC43)C2S1. The van der Waals surface area contributed by atoms with Gasteiger partial charge in [0.2, 0.25) is 0 Å². The van der Waals surface area contributed by atoms with Crippen molar-refractivity contribution in [2.24, 2.45) is 29.6 Å². The molecule has 0 spiro atoms. The van der Waals surface area contributed by atoms with Crippen LogP contribution in [0.4, 0.5) is 0 Å². The second kappa shape index (κ2) is 11.8. The molecular weight excluding hydrogens is 597 g/mol. The first kappa shape index (κ1) is 33.7. The number of rotatable bonds is 5. The van der Waals surface area contributed by atoms with Crippen molar-refractivity contribution in [3.8, 4) is 0 Å². The van der Waals surface area contributed by atoms with Gasteiger partial charge in [-0.1, -0.05) is 124 Å². The van der Waals surface area contributed by atoms with Gasteiger partial charge in [-0.3, -0.25) is 0 Å². The molecule has 0 aromatic heterocycles. The number of benzene rings is 2. The van der Waals surface area contributed by atoms with Crippen LogP contribution in [0.15, 0.2) is 58.3 Å². The average Bonchev–Trinajstić information content (AvgIpc) is 3.64. The standard InChI is InChI=1S/C42H60S2Si/c1-24(2)32-23-34-36(29-16-20-31(21-17-29)42(9,10)11)27(5)44-38(34)40(32)45(12,13)39-25(3)22-33-35(26(4)43-37(33)39)28-14-18-30(19-15-28)41(6,7)8/h14-21,24-25,32-34,37-40H,22-23H2,1-13H3. The van der Waals surface area contributed by atoms with Gasteiger partial charge < -0.3 is 0 Å². The minimum Gasteiger partial charge on any atom is -0.127 e. The predicted molar refractivity (Wildman–Crippen MR) is 207 cm³/mol. The summed E-state index contributed by atoms with van der Waals surface area (Å²) in [4.78, 5) is 3.21. The van der Waals surface area contributed by atoms with E-state index in [1.165, 1.54) is 35.1 Å². The van der Waals surface area contributed by atoms with E-state index in [-0.39, 0.29) is 10.8 Å². The summed E-state index contributed by atoms with van der Waals surface area (Å²) in [5, 5.41) is 1.52. The average molecular weight is 657 g/mol. The molecule has 4 aliphatic rings. The second-order valence-corrected chi connectivity index (χ2v) is 26.0. The Morgan fingerprint density at radius 1 is 0.644 bits per heavy atom. The van der Waals surface area contributed by atoms with Crippen LogP contribution in [0.1, 0.15) is 111 Å². The molecule has 2 aliphatic heterocycles. The molecule has 3 heteroatoms. The largest absolute Gasteiger partial charge is 0.127 e. The van der Waals surface area contributed by atoms with Gasteiger partial charge in [0.1, 0.15) is 0 Å². The van der Waals surface area contributed by atoms with E-state index >= 15 is 0 Å². The van der Waals surface area contributed by atoms with Crippen molar-refractivity contribution in [3.05, 3.63) is 80.6 Å². The molecule has 45 heavy (non-hydrogen) atoms. The van der Waals surface area contributed by atoms with E-state index in [2.05, 4.69) is 161 Å². The van der Waals surface area contributed by atoms with Crippen LogP contribution in [0.25, 0.3) is 11.1 Å². The molecule has 0 saturated heterocycles. The molecule has 6 rings (SSSR count). The molecule has 0 amide bonds. The van der Waals surface area contributed by atoms with E-state index in [9.17, 15) is 0 Å². The van der Waals surface area contributed by atoms with Gasteiger partial charge in [0.05, 0.1) is 8.07 Å². The second-order valence-electron chi connectivity index (χ2n) is 18.2. The molecule has 2 aromatic rings. The van der Waals surface area contributed by atoms with E-state index in [0.717, 1.165) is 39.3 Å². The van der Waals surface area contributed by atoms with E-state index in [1.807, 2.05) is 0 Å². The molecule has 0 nitrogen and oxygen atoms in total. The van der Waals surface area contributed by atoms with Gasteiger partial charge >= 0.3 is 0 Å². The lowest BCUT2D eigenvalue weighted by molar-refractivity contribution is 0.380. The molecule has 244 valence electrons. The van der Waals surface area contributed by atoms with Crippen molar-refractivity contribution in [2.75, 3.05) is 0 Å². The monoisotopic (exact) mass is 656 g/mol. The molecule has 8 atom stereocenters. The molecule has 0 N–H and O–H groups in total. The Kier molecular flexibility index (Phi) is 8.82. The van der Waals surface area contributed by atoms with Gasteiger partial charge in [0.25, 0.3) is 0 Å². The summed E-state index contributed by atoms with van der Waals surface area (Å²) in [5.41, 5.74) is 11.4. The molecule has 0 bridgehead atoms. The minimum atomic E-state index is -1.68. The first-order valence-electron chi connectivity index (χ1n) is 17.9. The van der Waals surface area contributed by atoms with Crippen LogP contribution < -0.4 is 0 Å². The van der Waals surface area contributed by atoms with E-state index < -0.39 is 8.07 Å². The fraction of sp³-hybridized carbons (Fsp3) is 0.619. The molecule has 2 aliphatic carbocycles. The highest BCUT2D eigenvalue weighted by Gasteiger charge is 2.62. The molecular formula is C42H60S2Si. The normalized spacial score (nSPS) is 32.2. The molecule has 2 fully saturated rings. The maximum atomic E-state index is 2.84. The molecule has 2 aromatic carbocycles. The van der Waals surface area contributed by atoms with E-state index in [1.54, 1.807) is 21.0 Å². The number of fused-ring (bicyclic) bond motifs is 2. The number of hydrogen-bond acceptors (Lipinski definition) is 2. The van der Waals surface area contributed by atoms with Gasteiger partial charge in [0.15, 0.2) is 0 Å². The zero-order chi connectivity index (χ0) is 32.8. The third-order valence-corrected chi connectivity index (χ3v) is 21.1. The highest BCUT2D eigenvalue weighted by atomic mass is 32.2. The summed E-state index contributed by atoms with van der Waals surface area (Å²) >= 11 is 4.57. The summed E-state index contributed by atoms with van der Waals surface area (Å²) in [6.07, 6.45) is 2.75. The van der Waals surface area contributed by atoms with Crippen molar-refractivity contribution in [1.29, 1.82) is 0 Å². The first-order chi connectivity index (χ1) is 20.9. The summed E-state index contributed by atoms with van der Waals surface area (Å²) in [7, 11) is -1.68. The summed E-state index contributed by atoms with van der Waals surface area (Å²) in [6, 6.07) is 19.4. The van der Waals surface area contributed by atoms with Crippen molar-refractivity contribution >= 4 is 42.7 Å². The Labute approximate surface area is 286 Å². The van der Waals surface area contributed by atoms with Gasteiger partial charge in [0, 0.05) is 10.5 Å². The van der Waals surface area contributed by atoms with Gasteiger partial charge in [-0.25, -0.2) is 0 Å². The smallest absolute Gasteiger partial charge is 0.0564 e. The Hall–Kier alpha value is -1.16. The first-order valence-corrected chi connectivity index (χ1v) is 22.8. The van der Waals surface area contributed by atoms with E-state index in [0.29, 0.717) is 11.8 Å². The molecule has 2 heterocycles. The minimum absolute atomic E-state index is 0.197. The third-order valence-electron chi connectivity index (χ3n) is 12.6. The zero-order valence-corrected chi connectivity index (χ0v) is 33.2. The molecule has 0 radical (unpaired) electrons. The van der Waals surface area contributed by atoms with Crippen molar-refractivity contribution < 1.29 is 0 Å². The Bertz CT molecular complexity index is 1480. The zero-order valence-electron chi connectivity index (χ0n) is 30.5. The van der Waals surface area contributed by atoms with Crippen LogP contribution >= 0.6 is 23.5 Å². The van der Waals surface area contributed by atoms with Crippen LogP contribution in [0, 0.1) is 29.6 Å². The highest BCUT2D eigenvalue weighted by Crippen LogP contribution is 2.69. The maximum absolute atomic E-state index is 2.84. The summed E-state index contributed by atoms with van der Waals surface area (Å²) < 4.78 is 0. The van der Waals surface area contributed by atoms with Gasteiger partial charge in [-0.15, -0.1) is 23.5 Å². The van der Waals surface area contributed by atoms with Crippen LogP contribution in [0.3, 0.4) is 0 Å². The number of hydrogen-bond donors (Lipinski definition) is 0. The van der Waals surface area contributed by atoms with Crippen molar-refractivity contribution in [2.45, 2.75) is 135 Å². The van der Waals surface area contributed by atoms with Gasteiger partial charge in [-0.05, 0) is 121 Å². The van der Waals surface area contributed by atoms with E-state index in [4.69, 9.17) is 0 Å². The highest BCUT2D eigenvalue weighted by molar-refractivity contribution is 8.04. The Morgan fingerprint density at radius 3 is 1.44 bits per heavy atom. The third kappa shape index (κ3) is 5.82. The van der Waals surface area contributed by atoms with Gasteiger partial charge in [-0.2, -0.15) is 0 Å². The molecule has 2 saturated carbocycles. The quantitative estimate of drug-likeness (QED) is 0.294. The fourth-order valence-corrected chi connectivity index (χ4v) is 22.0. The Morgan fingerprint density at radius 2 is 1.04 bits per heavy atom. The number of thioether (sulfide) groups is 2. The lowest BCUT2D eigenvalue weighted by Crippen LogP contribution is -2.48. The lowest BCUT2D eigenvalue weighted by atomic mass is 9.84. The summed E-state index contributed by atoms with van der Waals surface area (Å²) in [5.74, 6) is 3.81. The topological polar surface area (TPSA) is 0 Å². The maximum Gasteiger partial charge on any atom is 0.0564 e. The van der Waals surface area contributed by atoms with Crippen molar-refractivity contribution in [3.63, 3.8) is 0 Å². The summed E-state index contributed by atoms with van der Waals surface area (Å²) in [6.45, 7) is 32.3. The lowest BCUT2D eigenvalue weighted by Gasteiger charge is -2.46. The van der Waals surface area contributed by atoms with Crippen LogP contribution in [-0.2, 0) is 10.8 Å². The van der Waals surface area contributed by atoms with Crippen LogP contribution in [0.5, 0.6) is 0 Å². The Balaban J connectivity index is 1.29. The molecule has 8 unspecified atom stereocenters. The van der Waals surface area contributed by atoms with Crippen LogP contribution in [-0.4, -0.2) is 18.6 Å². The predicted octanol–water partition coefficient (Wildman–Crippen LogP) is 13.1. The number of allylic oxidation sites excluding steroid dienone is 4. The fourth-order valence-electron chi connectivity index (χ4n) is 10.4. The van der Waals surface area contributed by atoms with Crippen molar-refractivity contribution in [1.82, 2.24) is 0 Å². The van der Waals surface area contributed by atoms with Crippen LogP contribution in [0.2, 0.25) is 24.2 Å².